The van der Waals surface area contributed by atoms with Gasteiger partial charge in [0.25, 0.3) is 0 Å². The minimum Gasteiger partial charge on any atom is -0.497 e. The number of methoxy groups -OCH3 is 3. The molecule has 2 atom stereocenters. The molecular weight excluding hydrogens is 1040 g/mol. The van der Waals surface area contributed by atoms with E-state index in [9.17, 15) is 63.1 Å². The van der Waals surface area contributed by atoms with Gasteiger partial charge in [0.15, 0.2) is 6.17 Å². The number of aldehydes is 3. The Hall–Kier alpha value is -7.88. The van der Waals surface area contributed by atoms with Crippen molar-refractivity contribution in [3.8, 4) is 23.0 Å². The molecular formula is C55H60F10N2O10. The van der Waals surface area contributed by atoms with Gasteiger partial charge in [-0.1, -0.05) is 36.4 Å². The molecule has 0 fully saturated rings. The number of anilines is 2. The number of allylic oxidation sites excluding steroid dienone is 1. The normalized spacial score (nSPS) is 11.8. The number of benzene rings is 5. The molecule has 0 spiro atoms. The van der Waals surface area contributed by atoms with E-state index >= 15 is 0 Å². The maximum Gasteiger partial charge on any atom is 0.453 e. The van der Waals surface area contributed by atoms with Crippen molar-refractivity contribution in [2.45, 2.75) is 56.0 Å². The van der Waals surface area contributed by atoms with Gasteiger partial charge >= 0.3 is 24.2 Å². The average molecular weight is 1100 g/mol. The SMILES string of the molecule is CF.COCC(COC(=O)/C=C/c1ccc(OC)cc1)c1ccc(N)cc1N.COc1ccc(/C=C/C=O)cc1.O=Cc1ccc(OCCCC(F)(F)C(F)(F)F)cc1.O=Cc1ccc(OCCCC(F)C(F)(F)F)cc1. The van der Waals surface area contributed by atoms with E-state index in [2.05, 4.69) is 0 Å². The zero-order valence-corrected chi connectivity index (χ0v) is 42.3. The number of halogens is 10. The lowest BCUT2D eigenvalue weighted by atomic mass is 9.98. The van der Waals surface area contributed by atoms with Crippen LogP contribution in [0.5, 0.6) is 23.0 Å². The zero-order chi connectivity index (χ0) is 57.9. The highest BCUT2D eigenvalue weighted by atomic mass is 19.4. The number of esters is 1. The van der Waals surface area contributed by atoms with Crippen LogP contribution in [0.4, 0.5) is 55.3 Å². The number of alkyl halides is 10. The van der Waals surface area contributed by atoms with Crippen LogP contribution in [-0.4, -0.2) is 104 Å². The highest BCUT2D eigenvalue weighted by Gasteiger charge is 2.56. The predicted octanol–water partition coefficient (Wildman–Crippen LogP) is 12.8. The number of carbonyl (C=O) groups is 4. The first kappa shape index (κ1) is 67.1. The van der Waals surface area contributed by atoms with Crippen LogP contribution in [-0.2, 0) is 19.1 Å². The van der Waals surface area contributed by atoms with Crippen molar-refractivity contribution in [3.63, 3.8) is 0 Å². The summed E-state index contributed by atoms with van der Waals surface area (Å²) in [7, 11) is 5.31. The van der Waals surface area contributed by atoms with E-state index < -0.39 is 49.7 Å². The Morgan fingerprint density at radius 2 is 1.05 bits per heavy atom. The van der Waals surface area contributed by atoms with Gasteiger partial charge in [0.2, 0.25) is 0 Å². The van der Waals surface area contributed by atoms with Crippen molar-refractivity contribution in [2.75, 3.05) is 66.4 Å². The first-order chi connectivity index (χ1) is 36.6. The Bertz CT molecular complexity index is 2510. The maximum atomic E-state index is 12.5. The minimum absolute atomic E-state index is 0.00304. The van der Waals surface area contributed by atoms with E-state index in [1.165, 1.54) is 60.7 Å². The van der Waals surface area contributed by atoms with E-state index in [1.54, 1.807) is 45.6 Å². The number of nitrogens with two attached hydrogens (primary N) is 2. The molecule has 0 radical (unpaired) electrons. The van der Waals surface area contributed by atoms with E-state index in [-0.39, 0.29) is 32.2 Å². The largest absolute Gasteiger partial charge is 0.497 e. The molecule has 0 amide bonds. The third-order valence-corrected chi connectivity index (χ3v) is 9.93. The van der Waals surface area contributed by atoms with Gasteiger partial charge in [0.1, 0.15) is 48.5 Å². The predicted molar refractivity (Wildman–Crippen MR) is 273 cm³/mol. The Labute approximate surface area is 439 Å². The van der Waals surface area contributed by atoms with Crippen LogP contribution in [0.1, 0.15) is 69.0 Å². The summed E-state index contributed by atoms with van der Waals surface area (Å²) in [6.07, 6.45) is -7.21. The second-order valence-corrected chi connectivity index (χ2v) is 15.6. The summed E-state index contributed by atoms with van der Waals surface area (Å²) >= 11 is 0. The second kappa shape index (κ2) is 36.2. The molecule has 22 heteroatoms. The summed E-state index contributed by atoms with van der Waals surface area (Å²) in [5.74, 6) is -2.98. The summed E-state index contributed by atoms with van der Waals surface area (Å²) in [6, 6.07) is 32.0. The smallest absolute Gasteiger partial charge is 0.453 e. The van der Waals surface area contributed by atoms with Crippen molar-refractivity contribution in [3.05, 3.63) is 155 Å². The Kier molecular flexibility index (Phi) is 31.5. The first-order valence-electron chi connectivity index (χ1n) is 22.9. The van der Waals surface area contributed by atoms with Crippen LogP contribution in [0.25, 0.3) is 12.2 Å². The monoisotopic (exact) mass is 1100 g/mol. The van der Waals surface area contributed by atoms with Crippen LogP contribution >= 0.6 is 0 Å². The molecule has 5 aromatic rings. The number of rotatable bonds is 23. The van der Waals surface area contributed by atoms with E-state index in [0.717, 1.165) is 34.5 Å². The number of carbonyl (C=O) groups excluding carboxylic acids is 4. The highest BCUT2D eigenvalue weighted by Crippen LogP contribution is 2.39. The van der Waals surface area contributed by atoms with Gasteiger partial charge in [-0.15, -0.1) is 0 Å². The van der Waals surface area contributed by atoms with Crippen molar-refractivity contribution >= 4 is 48.4 Å². The first-order valence-corrected chi connectivity index (χ1v) is 22.9. The van der Waals surface area contributed by atoms with Crippen LogP contribution < -0.4 is 30.4 Å². The summed E-state index contributed by atoms with van der Waals surface area (Å²) in [5.41, 5.74) is 16.5. The van der Waals surface area contributed by atoms with E-state index in [0.29, 0.717) is 60.4 Å². The quantitative estimate of drug-likeness (QED) is 0.0158. The van der Waals surface area contributed by atoms with E-state index in [1.807, 2.05) is 54.6 Å². The molecule has 0 aliphatic carbocycles. The molecule has 2 unspecified atom stereocenters. The standard InChI is InChI=1S/C20H24N2O4.C12H11F5O2.C12H12F4O2.C10H10O2.CH3F/c1-24-12-15(18-9-6-16(21)11-19(18)22)13-26-20(23)10-5-14-3-7-17(25-2)8-4-14;13-11(14,12(15,16)17)6-1-7-19-10-4-2-9(8-18)3-5-10;13-11(12(14,15)16)2-1-7-18-10-5-3-9(8-17)4-6-10;1-12-10-6-4-9(5-7-10)3-2-8-11;1-2/h3-11,15H,12-13,21-22H2,1-2H3;2-5,8H,1,6-7H2;3-6,8,11H,1-2,7H2;2-8H,1H3;1H3/b10-5+;;;3-2+;. The van der Waals surface area contributed by atoms with Gasteiger partial charge < -0.3 is 39.9 Å². The lowest BCUT2D eigenvalue weighted by Crippen LogP contribution is -2.36. The fraction of sp³-hybridized carbons (Fsp3) is 0.309. The molecule has 12 nitrogen and oxygen atoms in total. The molecule has 5 rings (SSSR count). The summed E-state index contributed by atoms with van der Waals surface area (Å²) in [5, 5.41) is 0. The lowest BCUT2D eigenvalue weighted by Gasteiger charge is -2.19. The summed E-state index contributed by atoms with van der Waals surface area (Å²) in [6.45, 7) is 0.278. The molecule has 0 bridgehead atoms. The molecule has 0 heterocycles. The Balaban J connectivity index is 0.000000524. The van der Waals surface area contributed by atoms with Crippen molar-refractivity contribution in [1.82, 2.24) is 0 Å². The highest BCUT2D eigenvalue weighted by molar-refractivity contribution is 5.87. The van der Waals surface area contributed by atoms with Gasteiger partial charge in [0.05, 0.1) is 41.2 Å². The third kappa shape index (κ3) is 27.5. The van der Waals surface area contributed by atoms with Gasteiger partial charge in [0, 0.05) is 48.0 Å². The maximum absolute atomic E-state index is 12.5. The van der Waals surface area contributed by atoms with Gasteiger partial charge in [-0.3, -0.25) is 18.8 Å². The number of nitrogen functional groups attached to an aromatic ring is 2. The molecule has 77 heavy (non-hydrogen) atoms. The van der Waals surface area contributed by atoms with Crippen molar-refractivity contribution in [1.29, 1.82) is 0 Å². The molecule has 0 saturated heterocycles. The number of hydrogen-bond donors (Lipinski definition) is 2. The average Bonchev–Trinajstić information content (AvgIpc) is 3.42. The molecule has 5 aromatic carbocycles. The summed E-state index contributed by atoms with van der Waals surface area (Å²) in [4.78, 5) is 42.7. The van der Waals surface area contributed by atoms with Gasteiger partial charge in [-0.2, -0.15) is 35.1 Å². The van der Waals surface area contributed by atoms with E-state index in [4.69, 9.17) is 39.9 Å². The van der Waals surface area contributed by atoms with Crippen LogP contribution in [0.2, 0.25) is 0 Å². The lowest BCUT2D eigenvalue weighted by molar-refractivity contribution is -0.284. The van der Waals surface area contributed by atoms with Crippen LogP contribution in [0, 0.1) is 0 Å². The molecule has 0 aromatic heterocycles. The molecule has 0 aliphatic heterocycles. The molecule has 420 valence electrons. The second-order valence-electron chi connectivity index (χ2n) is 15.6. The zero-order valence-electron chi connectivity index (χ0n) is 42.3. The number of hydrogen-bond acceptors (Lipinski definition) is 12. The minimum atomic E-state index is -5.53. The van der Waals surface area contributed by atoms with Crippen LogP contribution in [0.3, 0.4) is 0 Å². The summed E-state index contributed by atoms with van der Waals surface area (Å²) < 4.78 is 149. The Morgan fingerprint density at radius 1 is 0.597 bits per heavy atom. The molecule has 4 N–H and O–H groups in total. The van der Waals surface area contributed by atoms with Crippen molar-refractivity contribution in [2.24, 2.45) is 0 Å². The van der Waals surface area contributed by atoms with Gasteiger partial charge in [-0.05, 0) is 133 Å². The van der Waals surface area contributed by atoms with Gasteiger partial charge in [-0.25, -0.2) is 9.18 Å². The fourth-order valence-electron chi connectivity index (χ4n) is 5.90. The van der Waals surface area contributed by atoms with Crippen LogP contribution in [0.15, 0.2) is 127 Å². The molecule has 0 saturated carbocycles. The van der Waals surface area contributed by atoms with Crippen molar-refractivity contribution < 1.29 is 91.5 Å². The topological polar surface area (TPSA) is 176 Å². The third-order valence-electron chi connectivity index (χ3n) is 9.93. The molecule has 0 aliphatic rings. The fourth-order valence-corrected chi connectivity index (χ4v) is 5.90. The Morgan fingerprint density at radius 3 is 1.47 bits per heavy atom. The number of ether oxygens (including phenoxy) is 6.